The smallest absolute Gasteiger partial charge is 0.229 e. The zero-order valence-electron chi connectivity index (χ0n) is 17.1. The molecule has 2 rings (SSSR count). The van der Waals surface area contributed by atoms with Gasteiger partial charge in [0.15, 0.2) is 0 Å². The molecule has 0 aliphatic rings. The summed E-state index contributed by atoms with van der Waals surface area (Å²) in [4.78, 5) is 11.5. The molecule has 1 aromatic heterocycles. The first-order chi connectivity index (χ1) is 12.4. The molecule has 1 aromatic carbocycles. The molecule has 0 fully saturated rings. The number of aryl methyl sites for hydroxylation is 2. The van der Waals surface area contributed by atoms with E-state index in [2.05, 4.69) is 78.3 Å². The third-order valence-corrected chi connectivity index (χ3v) is 4.47. The van der Waals surface area contributed by atoms with Crippen molar-refractivity contribution in [3.63, 3.8) is 0 Å². The van der Waals surface area contributed by atoms with Crippen LogP contribution in [-0.2, 0) is 0 Å². The zero-order valence-corrected chi connectivity index (χ0v) is 17.1. The topological polar surface area (TPSA) is 53.1 Å². The van der Waals surface area contributed by atoms with E-state index in [1.165, 1.54) is 11.3 Å². The van der Waals surface area contributed by atoms with Crippen LogP contribution in [0.3, 0.4) is 0 Å². The van der Waals surface area contributed by atoms with Gasteiger partial charge in [0.25, 0.3) is 0 Å². The van der Waals surface area contributed by atoms with Crippen LogP contribution in [0.25, 0.3) is 0 Å². The van der Waals surface area contributed by atoms with Gasteiger partial charge in [-0.3, -0.25) is 0 Å². The van der Waals surface area contributed by atoms with E-state index in [9.17, 15) is 0 Å². The zero-order chi connectivity index (χ0) is 19.1. The van der Waals surface area contributed by atoms with Gasteiger partial charge < -0.3 is 15.5 Å². The van der Waals surface area contributed by atoms with Crippen LogP contribution in [0.5, 0.6) is 0 Å². The van der Waals surface area contributed by atoms with Crippen LogP contribution in [-0.4, -0.2) is 29.6 Å². The summed E-state index contributed by atoms with van der Waals surface area (Å²) in [7, 11) is 0. The number of benzene rings is 1. The summed E-state index contributed by atoms with van der Waals surface area (Å²) >= 11 is 0. The van der Waals surface area contributed by atoms with Gasteiger partial charge in [-0.05, 0) is 63.8 Å². The van der Waals surface area contributed by atoms with Crippen molar-refractivity contribution in [3.05, 3.63) is 35.5 Å². The first kappa shape index (κ1) is 20.0. The number of nitrogens with zero attached hydrogens (tertiary/aromatic N) is 3. The standard InChI is InChI=1S/C21H33N5/c1-7-26(8-2)18-9-10-19(16(5)13-18)24-21-23-17(6)14-20(25-21)22-12-11-15(3)4/h9-10,13-15H,7-8,11-12H2,1-6H3,(H2,22,23,24,25). The van der Waals surface area contributed by atoms with Crippen LogP contribution in [0.2, 0.25) is 0 Å². The first-order valence-electron chi connectivity index (χ1n) is 9.65. The SMILES string of the molecule is CCN(CC)c1ccc(Nc2nc(C)cc(NCCC(C)C)n2)c(C)c1. The van der Waals surface area contributed by atoms with Crippen LogP contribution in [0.15, 0.2) is 24.3 Å². The maximum absolute atomic E-state index is 4.61. The summed E-state index contributed by atoms with van der Waals surface area (Å²) in [5.74, 6) is 2.18. The molecule has 0 saturated heterocycles. The highest BCUT2D eigenvalue weighted by Gasteiger charge is 2.08. The Hall–Kier alpha value is -2.30. The second-order valence-corrected chi connectivity index (χ2v) is 7.12. The number of hydrogen-bond donors (Lipinski definition) is 2. The molecule has 142 valence electrons. The van der Waals surface area contributed by atoms with Gasteiger partial charge in [-0.2, -0.15) is 4.98 Å². The van der Waals surface area contributed by atoms with Crippen LogP contribution < -0.4 is 15.5 Å². The molecule has 0 radical (unpaired) electrons. The molecule has 1 heterocycles. The van der Waals surface area contributed by atoms with Gasteiger partial charge >= 0.3 is 0 Å². The van der Waals surface area contributed by atoms with E-state index in [0.29, 0.717) is 11.9 Å². The molecule has 0 aliphatic carbocycles. The summed E-state index contributed by atoms with van der Waals surface area (Å²) in [5, 5.41) is 6.77. The number of aromatic nitrogens is 2. The van der Waals surface area contributed by atoms with Crippen molar-refractivity contribution >= 4 is 23.1 Å². The third-order valence-electron chi connectivity index (χ3n) is 4.47. The van der Waals surface area contributed by atoms with Crippen molar-refractivity contribution in [2.45, 2.75) is 48.0 Å². The Morgan fingerprint density at radius 1 is 1.04 bits per heavy atom. The predicted octanol–water partition coefficient (Wildman–Crippen LogP) is 5.14. The Balaban J connectivity index is 2.13. The molecule has 0 bridgehead atoms. The minimum absolute atomic E-state index is 0.635. The molecule has 2 aromatic rings. The van der Waals surface area contributed by atoms with Crippen LogP contribution in [0, 0.1) is 19.8 Å². The molecule has 2 N–H and O–H groups in total. The number of hydrogen-bond acceptors (Lipinski definition) is 5. The molecule has 0 atom stereocenters. The van der Waals surface area contributed by atoms with Crippen molar-refractivity contribution in [1.29, 1.82) is 0 Å². The molecular weight excluding hydrogens is 322 g/mol. The number of nitrogens with one attached hydrogen (secondary N) is 2. The molecule has 0 saturated carbocycles. The Kier molecular flexibility index (Phi) is 7.25. The second kappa shape index (κ2) is 9.41. The molecule has 5 nitrogen and oxygen atoms in total. The molecule has 26 heavy (non-hydrogen) atoms. The second-order valence-electron chi connectivity index (χ2n) is 7.12. The Labute approximate surface area is 158 Å². The third kappa shape index (κ3) is 5.61. The van der Waals surface area contributed by atoms with Crippen molar-refractivity contribution in [2.24, 2.45) is 5.92 Å². The van der Waals surface area contributed by atoms with Crippen molar-refractivity contribution in [1.82, 2.24) is 9.97 Å². The Bertz CT molecular complexity index is 708. The lowest BCUT2D eigenvalue weighted by Gasteiger charge is -2.22. The van der Waals surface area contributed by atoms with Crippen molar-refractivity contribution in [2.75, 3.05) is 35.2 Å². The van der Waals surface area contributed by atoms with E-state index in [1.54, 1.807) is 0 Å². The summed E-state index contributed by atoms with van der Waals surface area (Å²) in [6.45, 7) is 15.9. The highest BCUT2D eigenvalue weighted by molar-refractivity contribution is 5.64. The highest BCUT2D eigenvalue weighted by Crippen LogP contribution is 2.25. The minimum Gasteiger partial charge on any atom is -0.372 e. The summed E-state index contributed by atoms with van der Waals surface area (Å²) < 4.78 is 0. The van der Waals surface area contributed by atoms with Gasteiger partial charge in [0.2, 0.25) is 5.95 Å². The van der Waals surface area contributed by atoms with Crippen molar-refractivity contribution < 1.29 is 0 Å². The van der Waals surface area contributed by atoms with E-state index in [1.807, 2.05) is 13.0 Å². The van der Waals surface area contributed by atoms with Crippen molar-refractivity contribution in [3.8, 4) is 0 Å². The quantitative estimate of drug-likeness (QED) is 0.652. The minimum atomic E-state index is 0.635. The largest absolute Gasteiger partial charge is 0.372 e. The molecule has 0 aliphatic heterocycles. The van der Waals surface area contributed by atoms with E-state index < -0.39 is 0 Å². The molecule has 5 heteroatoms. The van der Waals surface area contributed by atoms with E-state index >= 15 is 0 Å². The van der Waals surface area contributed by atoms with E-state index in [0.717, 1.165) is 43.3 Å². The fourth-order valence-corrected chi connectivity index (χ4v) is 2.90. The number of anilines is 4. The number of rotatable bonds is 9. The van der Waals surface area contributed by atoms with Gasteiger partial charge in [0.1, 0.15) is 5.82 Å². The van der Waals surface area contributed by atoms with Gasteiger partial charge in [0.05, 0.1) is 0 Å². The molecule has 0 amide bonds. The van der Waals surface area contributed by atoms with Crippen LogP contribution >= 0.6 is 0 Å². The molecule has 0 unspecified atom stereocenters. The Morgan fingerprint density at radius 2 is 1.77 bits per heavy atom. The average Bonchev–Trinajstić information content (AvgIpc) is 2.57. The Morgan fingerprint density at radius 3 is 2.38 bits per heavy atom. The van der Waals surface area contributed by atoms with Gasteiger partial charge in [-0.15, -0.1) is 0 Å². The lowest BCUT2D eigenvalue weighted by atomic mass is 10.1. The first-order valence-corrected chi connectivity index (χ1v) is 9.65. The summed E-state index contributed by atoms with van der Waals surface area (Å²) in [6.07, 6.45) is 1.12. The van der Waals surface area contributed by atoms with Crippen LogP contribution in [0.4, 0.5) is 23.1 Å². The van der Waals surface area contributed by atoms with Crippen LogP contribution in [0.1, 0.15) is 45.4 Å². The fourth-order valence-electron chi connectivity index (χ4n) is 2.90. The molecule has 0 spiro atoms. The fraction of sp³-hybridized carbons (Fsp3) is 0.524. The summed E-state index contributed by atoms with van der Waals surface area (Å²) in [6, 6.07) is 8.47. The predicted molar refractivity (Wildman–Crippen MR) is 113 cm³/mol. The monoisotopic (exact) mass is 355 g/mol. The van der Waals surface area contributed by atoms with Gasteiger partial charge in [-0.25, -0.2) is 4.98 Å². The molecular formula is C21H33N5. The van der Waals surface area contributed by atoms with E-state index in [-0.39, 0.29) is 0 Å². The normalized spacial score (nSPS) is 10.9. The maximum atomic E-state index is 4.61. The average molecular weight is 356 g/mol. The lowest BCUT2D eigenvalue weighted by molar-refractivity contribution is 0.606. The highest BCUT2D eigenvalue weighted by atomic mass is 15.1. The lowest BCUT2D eigenvalue weighted by Crippen LogP contribution is -2.21. The maximum Gasteiger partial charge on any atom is 0.229 e. The summed E-state index contributed by atoms with van der Waals surface area (Å²) in [5.41, 5.74) is 4.43. The van der Waals surface area contributed by atoms with Gasteiger partial charge in [-0.1, -0.05) is 13.8 Å². The van der Waals surface area contributed by atoms with Gasteiger partial charge in [0, 0.05) is 42.8 Å². The van der Waals surface area contributed by atoms with E-state index in [4.69, 9.17) is 0 Å².